The number of anilines is 3. The molecule has 0 atom stereocenters. The maximum atomic E-state index is 13.6. The molecule has 0 unspecified atom stereocenters. The van der Waals surface area contributed by atoms with Gasteiger partial charge in [-0.3, -0.25) is 14.3 Å². The number of hydrogen-bond donors (Lipinski definition) is 0. The molecule has 32 heavy (non-hydrogen) atoms. The van der Waals surface area contributed by atoms with Crippen LogP contribution in [0.2, 0.25) is 0 Å². The van der Waals surface area contributed by atoms with E-state index in [2.05, 4.69) is 56.1 Å². The predicted octanol–water partition coefficient (Wildman–Crippen LogP) is 4.77. The molecule has 0 N–H and O–H groups in total. The Hall–Kier alpha value is -2.80. The molecule has 6 nitrogen and oxygen atoms in total. The summed E-state index contributed by atoms with van der Waals surface area (Å²) in [5.74, 6) is 1.42. The fraction of sp³-hybridized carbons (Fsp3) is 0.400. The zero-order chi connectivity index (χ0) is 21.5. The first-order chi connectivity index (χ1) is 15.8. The van der Waals surface area contributed by atoms with Crippen molar-refractivity contribution in [3.63, 3.8) is 0 Å². The van der Waals surface area contributed by atoms with E-state index in [-0.39, 0.29) is 5.91 Å². The highest BCUT2D eigenvalue weighted by atomic mass is 32.2. The molecule has 1 saturated heterocycles. The molecule has 0 bridgehead atoms. The molecule has 3 aromatic rings. The van der Waals surface area contributed by atoms with Crippen molar-refractivity contribution in [1.82, 2.24) is 14.8 Å². The van der Waals surface area contributed by atoms with Crippen molar-refractivity contribution in [3.05, 3.63) is 59.7 Å². The molecule has 1 amide bonds. The third-order valence-electron chi connectivity index (χ3n) is 6.65. The molecule has 2 fully saturated rings. The van der Waals surface area contributed by atoms with Gasteiger partial charge in [0.25, 0.3) is 0 Å². The van der Waals surface area contributed by atoms with Gasteiger partial charge in [0.1, 0.15) is 0 Å². The van der Waals surface area contributed by atoms with Gasteiger partial charge in [0.05, 0.1) is 17.1 Å². The summed E-state index contributed by atoms with van der Waals surface area (Å²) in [6.07, 6.45) is 6.66. The van der Waals surface area contributed by atoms with E-state index in [0.29, 0.717) is 11.8 Å². The first-order valence-electron chi connectivity index (χ1n) is 11.6. The van der Waals surface area contributed by atoms with Gasteiger partial charge in [-0.1, -0.05) is 48.2 Å². The van der Waals surface area contributed by atoms with Crippen LogP contribution in [0.4, 0.5) is 17.3 Å². The molecule has 2 aliphatic heterocycles. The van der Waals surface area contributed by atoms with Crippen molar-refractivity contribution < 1.29 is 4.79 Å². The number of aryl methyl sites for hydroxylation is 2. The molecule has 1 aliphatic carbocycles. The highest BCUT2D eigenvalue weighted by Gasteiger charge is 2.33. The number of rotatable bonds is 5. The minimum atomic E-state index is 0.0878. The van der Waals surface area contributed by atoms with Gasteiger partial charge < -0.3 is 4.90 Å². The Morgan fingerprint density at radius 3 is 2.16 bits per heavy atom. The van der Waals surface area contributed by atoms with Gasteiger partial charge in [-0.15, -0.1) is 10.2 Å². The van der Waals surface area contributed by atoms with Crippen molar-refractivity contribution in [2.45, 2.75) is 49.7 Å². The van der Waals surface area contributed by atoms with Gasteiger partial charge in [-0.05, 0) is 61.8 Å². The van der Waals surface area contributed by atoms with Crippen LogP contribution in [0.3, 0.4) is 0 Å². The maximum absolute atomic E-state index is 13.6. The van der Waals surface area contributed by atoms with Crippen molar-refractivity contribution in [2.24, 2.45) is 0 Å². The SMILES string of the molecule is O=C(CSc1nnc(N2CCCC2)n1C1CC1)N1c2ccccc2CCc2ccccc21. The fourth-order valence-electron chi connectivity index (χ4n) is 4.89. The van der Waals surface area contributed by atoms with E-state index in [9.17, 15) is 4.79 Å². The van der Waals surface area contributed by atoms with E-state index < -0.39 is 0 Å². The quantitative estimate of drug-likeness (QED) is 0.530. The van der Waals surface area contributed by atoms with Crippen molar-refractivity contribution in [2.75, 3.05) is 28.6 Å². The average Bonchev–Trinajstić information content (AvgIpc) is 3.39. The number of aromatic nitrogens is 3. The summed E-state index contributed by atoms with van der Waals surface area (Å²) in [7, 11) is 0. The molecule has 2 aromatic carbocycles. The second-order valence-electron chi connectivity index (χ2n) is 8.85. The Morgan fingerprint density at radius 1 is 0.906 bits per heavy atom. The minimum absolute atomic E-state index is 0.0878. The summed E-state index contributed by atoms with van der Waals surface area (Å²) in [6, 6.07) is 17.1. The third-order valence-corrected chi connectivity index (χ3v) is 7.58. The number of fused-ring (bicyclic) bond motifs is 2. The molecule has 7 heteroatoms. The molecule has 3 aliphatic rings. The van der Waals surface area contributed by atoms with Crippen LogP contribution in [0.1, 0.15) is 42.9 Å². The third kappa shape index (κ3) is 3.58. The van der Waals surface area contributed by atoms with Crippen LogP contribution in [-0.4, -0.2) is 39.5 Å². The lowest BCUT2D eigenvalue weighted by molar-refractivity contribution is -0.115. The number of carbonyl (C=O) groups excluding carboxylic acids is 1. The molecule has 164 valence electrons. The molecule has 0 radical (unpaired) electrons. The lowest BCUT2D eigenvalue weighted by Gasteiger charge is -2.25. The highest BCUT2D eigenvalue weighted by Crippen LogP contribution is 2.42. The van der Waals surface area contributed by atoms with E-state index in [0.717, 1.165) is 48.4 Å². The van der Waals surface area contributed by atoms with Crippen molar-refractivity contribution >= 4 is 35.0 Å². The van der Waals surface area contributed by atoms with E-state index >= 15 is 0 Å². The van der Waals surface area contributed by atoms with Crippen molar-refractivity contribution in [1.29, 1.82) is 0 Å². The number of thioether (sulfide) groups is 1. The Bertz CT molecular complexity index is 1100. The molecule has 0 spiro atoms. The number of amides is 1. The van der Waals surface area contributed by atoms with Crippen LogP contribution in [0.25, 0.3) is 0 Å². The highest BCUT2D eigenvalue weighted by molar-refractivity contribution is 7.99. The van der Waals surface area contributed by atoms with E-state index in [4.69, 9.17) is 0 Å². The Kier molecular flexibility index (Phi) is 5.14. The summed E-state index contributed by atoms with van der Waals surface area (Å²) in [5.41, 5.74) is 4.45. The average molecular weight is 446 g/mol. The number of carbonyl (C=O) groups is 1. The largest absolute Gasteiger partial charge is 0.341 e. The second kappa shape index (κ2) is 8.28. The van der Waals surface area contributed by atoms with Crippen LogP contribution in [-0.2, 0) is 17.6 Å². The molecular formula is C25H27N5OS. The molecule has 1 aromatic heterocycles. The standard InChI is InChI=1S/C25H27N5OS/c31-23(17-32-25-27-26-24(28-15-5-6-16-28)29(25)20-13-14-20)30-21-9-3-1-7-18(21)11-12-19-8-2-4-10-22(19)30/h1-4,7-10,20H,5-6,11-17H2. The van der Waals surface area contributed by atoms with Crippen LogP contribution in [0, 0.1) is 0 Å². The minimum Gasteiger partial charge on any atom is -0.341 e. The van der Waals surface area contributed by atoms with Gasteiger partial charge in [-0.2, -0.15) is 0 Å². The predicted molar refractivity (Wildman–Crippen MR) is 128 cm³/mol. The number of para-hydroxylation sites is 2. The van der Waals surface area contributed by atoms with Gasteiger partial charge in [0, 0.05) is 19.1 Å². The summed E-state index contributed by atoms with van der Waals surface area (Å²) < 4.78 is 2.29. The van der Waals surface area contributed by atoms with Gasteiger partial charge in [0.2, 0.25) is 11.9 Å². The van der Waals surface area contributed by atoms with Gasteiger partial charge in [0.15, 0.2) is 5.16 Å². The first kappa shape index (κ1) is 19.9. The van der Waals surface area contributed by atoms with E-state index in [1.54, 1.807) is 0 Å². The summed E-state index contributed by atoms with van der Waals surface area (Å²) in [6.45, 7) is 2.10. The molecule has 6 rings (SSSR count). The first-order valence-corrected chi connectivity index (χ1v) is 12.6. The molecule has 3 heterocycles. The van der Waals surface area contributed by atoms with Crippen LogP contribution in [0.15, 0.2) is 53.7 Å². The number of nitrogens with zero attached hydrogens (tertiary/aromatic N) is 5. The van der Waals surface area contributed by atoms with Crippen molar-refractivity contribution in [3.8, 4) is 0 Å². The Labute approximate surface area is 192 Å². The smallest absolute Gasteiger partial charge is 0.242 e. The van der Waals surface area contributed by atoms with E-state index in [1.165, 1.54) is 48.6 Å². The van der Waals surface area contributed by atoms with Gasteiger partial charge >= 0.3 is 0 Å². The summed E-state index contributed by atoms with van der Waals surface area (Å²) in [4.78, 5) is 17.9. The summed E-state index contributed by atoms with van der Waals surface area (Å²) >= 11 is 1.52. The topological polar surface area (TPSA) is 54.3 Å². The monoisotopic (exact) mass is 445 g/mol. The van der Waals surface area contributed by atoms with E-state index in [1.807, 2.05) is 17.0 Å². The summed E-state index contributed by atoms with van der Waals surface area (Å²) in [5, 5.41) is 9.91. The lowest BCUT2D eigenvalue weighted by Crippen LogP contribution is -2.28. The van der Waals surface area contributed by atoms with Crippen LogP contribution < -0.4 is 9.80 Å². The normalized spacial score (nSPS) is 17.8. The van der Waals surface area contributed by atoms with Gasteiger partial charge in [-0.25, -0.2) is 0 Å². The zero-order valence-corrected chi connectivity index (χ0v) is 18.9. The molecular weight excluding hydrogens is 418 g/mol. The lowest BCUT2D eigenvalue weighted by atomic mass is 10.0. The Morgan fingerprint density at radius 2 is 1.53 bits per heavy atom. The van der Waals surface area contributed by atoms with Crippen LogP contribution >= 0.6 is 11.8 Å². The number of benzene rings is 2. The fourth-order valence-corrected chi connectivity index (χ4v) is 5.74. The van der Waals surface area contributed by atoms with Crippen LogP contribution in [0.5, 0.6) is 0 Å². The zero-order valence-electron chi connectivity index (χ0n) is 18.1. The maximum Gasteiger partial charge on any atom is 0.242 e. The second-order valence-corrected chi connectivity index (χ2v) is 9.80. The molecule has 1 saturated carbocycles. The Balaban J connectivity index is 1.29. The number of hydrogen-bond acceptors (Lipinski definition) is 5.